The lowest BCUT2D eigenvalue weighted by Crippen LogP contribution is -2.34. The van der Waals surface area contributed by atoms with Crippen LogP contribution in [0.1, 0.15) is 33.6 Å². The summed E-state index contributed by atoms with van der Waals surface area (Å²) in [6.45, 7) is 8.07. The van der Waals surface area contributed by atoms with E-state index in [0.717, 1.165) is 6.42 Å². The number of rotatable bonds is 7. The standard InChI is InChI=1S/C12H23NO4/c1-4-15-7-5-6-11(14)13-8-10-9-16-12(2,3)17-10/h10H,4-9H2,1-3H3,(H,13,14). The molecule has 1 N–H and O–H groups in total. The summed E-state index contributed by atoms with van der Waals surface area (Å²) < 4.78 is 16.1. The van der Waals surface area contributed by atoms with Crippen molar-refractivity contribution < 1.29 is 19.0 Å². The summed E-state index contributed by atoms with van der Waals surface area (Å²) in [7, 11) is 0. The Bertz CT molecular complexity index is 243. The second-order valence-corrected chi connectivity index (χ2v) is 4.56. The number of carbonyl (C=O) groups excluding carboxylic acids is 1. The van der Waals surface area contributed by atoms with Gasteiger partial charge in [-0.25, -0.2) is 0 Å². The first kappa shape index (κ1) is 14.4. The molecule has 1 aliphatic rings. The van der Waals surface area contributed by atoms with E-state index < -0.39 is 5.79 Å². The Hall–Kier alpha value is -0.650. The third-order valence-corrected chi connectivity index (χ3v) is 2.49. The first-order valence-electron chi connectivity index (χ1n) is 6.19. The van der Waals surface area contributed by atoms with Gasteiger partial charge >= 0.3 is 0 Å². The van der Waals surface area contributed by atoms with Crippen LogP contribution in [0.25, 0.3) is 0 Å². The van der Waals surface area contributed by atoms with Crippen LogP contribution in [0.15, 0.2) is 0 Å². The molecule has 1 atom stereocenters. The van der Waals surface area contributed by atoms with Crippen molar-refractivity contribution in [3.63, 3.8) is 0 Å². The Morgan fingerprint density at radius 2 is 2.29 bits per heavy atom. The molecule has 5 heteroatoms. The molecule has 0 bridgehead atoms. The van der Waals surface area contributed by atoms with Crippen LogP contribution in [0.5, 0.6) is 0 Å². The van der Waals surface area contributed by atoms with E-state index in [0.29, 0.717) is 32.8 Å². The third kappa shape index (κ3) is 6.00. The largest absolute Gasteiger partial charge is 0.382 e. The molecule has 1 amide bonds. The van der Waals surface area contributed by atoms with Gasteiger partial charge < -0.3 is 19.5 Å². The molecule has 100 valence electrons. The van der Waals surface area contributed by atoms with E-state index in [1.807, 2.05) is 20.8 Å². The average Bonchev–Trinajstić information content (AvgIpc) is 2.62. The third-order valence-electron chi connectivity index (χ3n) is 2.49. The first-order chi connectivity index (χ1) is 8.03. The normalized spacial score (nSPS) is 22.6. The molecule has 0 saturated carbocycles. The number of amides is 1. The van der Waals surface area contributed by atoms with E-state index in [1.54, 1.807) is 0 Å². The smallest absolute Gasteiger partial charge is 0.220 e. The Kier molecular flexibility index (Phi) is 5.88. The Labute approximate surface area is 103 Å². The molecule has 1 rings (SSSR count). The van der Waals surface area contributed by atoms with E-state index in [-0.39, 0.29) is 12.0 Å². The fraction of sp³-hybridized carbons (Fsp3) is 0.917. The maximum Gasteiger partial charge on any atom is 0.220 e. The van der Waals surface area contributed by atoms with Crippen LogP contribution < -0.4 is 5.32 Å². The quantitative estimate of drug-likeness (QED) is 0.682. The maximum atomic E-state index is 11.5. The molecule has 1 aliphatic heterocycles. The molecule has 1 heterocycles. The lowest BCUT2D eigenvalue weighted by Gasteiger charge is -2.17. The molecule has 0 aromatic heterocycles. The Balaban J connectivity index is 2.04. The fourth-order valence-corrected chi connectivity index (χ4v) is 1.66. The van der Waals surface area contributed by atoms with Gasteiger partial charge in [0.2, 0.25) is 5.91 Å². The summed E-state index contributed by atoms with van der Waals surface area (Å²) in [5, 5.41) is 2.84. The summed E-state index contributed by atoms with van der Waals surface area (Å²) in [5.41, 5.74) is 0. The molecule has 17 heavy (non-hydrogen) atoms. The Morgan fingerprint density at radius 3 is 2.88 bits per heavy atom. The summed E-state index contributed by atoms with van der Waals surface area (Å²) in [5.74, 6) is -0.484. The maximum absolute atomic E-state index is 11.5. The van der Waals surface area contributed by atoms with Gasteiger partial charge in [-0.2, -0.15) is 0 Å². The van der Waals surface area contributed by atoms with Crippen molar-refractivity contribution in [1.29, 1.82) is 0 Å². The van der Waals surface area contributed by atoms with Gasteiger partial charge in [0, 0.05) is 26.2 Å². The van der Waals surface area contributed by atoms with Gasteiger partial charge in [-0.3, -0.25) is 4.79 Å². The summed E-state index contributed by atoms with van der Waals surface area (Å²) in [6.07, 6.45) is 1.21. The van der Waals surface area contributed by atoms with E-state index >= 15 is 0 Å². The zero-order chi connectivity index (χ0) is 12.7. The SMILES string of the molecule is CCOCCCC(=O)NCC1COC(C)(C)O1. The minimum absolute atomic E-state index is 0.0398. The van der Waals surface area contributed by atoms with Crippen molar-refractivity contribution in [2.75, 3.05) is 26.4 Å². The van der Waals surface area contributed by atoms with Crippen LogP contribution in [-0.2, 0) is 19.0 Å². The number of carbonyl (C=O) groups is 1. The minimum Gasteiger partial charge on any atom is -0.382 e. The van der Waals surface area contributed by atoms with Crippen molar-refractivity contribution in [3.05, 3.63) is 0 Å². The van der Waals surface area contributed by atoms with E-state index in [9.17, 15) is 4.79 Å². The summed E-state index contributed by atoms with van der Waals surface area (Å²) in [4.78, 5) is 11.5. The van der Waals surface area contributed by atoms with Crippen LogP contribution in [-0.4, -0.2) is 44.2 Å². The minimum atomic E-state index is -0.523. The van der Waals surface area contributed by atoms with Crippen molar-refractivity contribution in [3.8, 4) is 0 Å². The number of nitrogens with one attached hydrogen (secondary N) is 1. The zero-order valence-corrected chi connectivity index (χ0v) is 11.0. The zero-order valence-electron chi connectivity index (χ0n) is 11.0. The molecule has 1 unspecified atom stereocenters. The van der Waals surface area contributed by atoms with Crippen molar-refractivity contribution in [2.24, 2.45) is 0 Å². The predicted octanol–water partition coefficient (Wildman–Crippen LogP) is 1.07. The molecule has 1 saturated heterocycles. The van der Waals surface area contributed by atoms with Crippen molar-refractivity contribution >= 4 is 5.91 Å². The highest BCUT2D eigenvalue weighted by atomic mass is 16.7. The van der Waals surface area contributed by atoms with E-state index in [4.69, 9.17) is 14.2 Å². The average molecular weight is 245 g/mol. The summed E-state index contributed by atoms with van der Waals surface area (Å²) >= 11 is 0. The van der Waals surface area contributed by atoms with Gasteiger partial charge in [-0.1, -0.05) is 0 Å². The number of hydrogen-bond donors (Lipinski definition) is 1. The van der Waals surface area contributed by atoms with Gasteiger partial charge in [-0.05, 0) is 27.2 Å². The topological polar surface area (TPSA) is 56.8 Å². The lowest BCUT2D eigenvalue weighted by molar-refractivity contribution is -0.139. The van der Waals surface area contributed by atoms with Gasteiger partial charge in [0.1, 0.15) is 6.10 Å². The second kappa shape index (κ2) is 6.93. The van der Waals surface area contributed by atoms with Crippen LogP contribution in [0.2, 0.25) is 0 Å². The van der Waals surface area contributed by atoms with E-state index in [2.05, 4.69) is 5.32 Å². The van der Waals surface area contributed by atoms with Crippen molar-refractivity contribution in [2.45, 2.75) is 45.5 Å². The highest BCUT2D eigenvalue weighted by Crippen LogP contribution is 2.21. The molecule has 1 fully saturated rings. The fourth-order valence-electron chi connectivity index (χ4n) is 1.66. The van der Waals surface area contributed by atoms with E-state index in [1.165, 1.54) is 0 Å². The molecule has 0 aromatic carbocycles. The van der Waals surface area contributed by atoms with Gasteiger partial charge in [0.15, 0.2) is 5.79 Å². The molecule has 0 aromatic rings. The number of ether oxygens (including phenoxy) is 3. The molecular formula is C12H23NO4. The highest BCUT2D eigenvalue weighted by Gasteiger charge is 2.32. The summed E-state index contributed by atoms with van der Waals surface area (Å²) in [6, 6.07) is 0. The first-order valence-corrected chi connectivity index (χ1v) is 6.19. The Morgan fingerprint density at radius 1 is 1.53 bits per heavy atom. The molecule has 0 radical (unpaired) electrons. The monoisotopic (exact) mass is 245 g/mol. The van der Waals surface area contributed by atoms with Gasteiger partial charge in [0.05, 0.1) is 6.61 Å². The lowest BCUT2D eigenvalue weighted by atomic mass is 10.3. The predicted molar refractivity (Wildman–Crippen MR) is 63.6 cm³/mol. The highest BCUT2D eigenvalue weighted by molar-refractivity contribution is 5.75. The van der Waals surface area contributed by atoms with Crippen LogP contribution >= 0.6 is 0 Å². The van der Waals surface area contributed by atoms with Crippen LogP contribution in [0.3, 0.4) is 0 Å². The molecular weight excluding hydrogens is 222 g/mol. The molecule has 5 nitrogen and oxygen atoms in total. The number of hydrogen-bond acceptors (Lipinski definition) is 4. The van der Waals surface area contributed by atoms with Crippen LogP contribution in [0.4, 0.5) is 0 Å². The van der Waals surface area contributed by atoms with Gasteiger partial charge in [-0.15, -0.1) is 0 Å². The van der Waals surface area contributed by atoms with Crippen LogP contribution in [0, 0.1) is 0 Å². The second-order valence-electron chi connectivity index (χ2n) is 4.56. The van der Waals surface area contributed by atoms with Crippen molar-refractivity contribution in [1.82, 2.24) is 5.32 Å². The molecule has 0 aliphatic carbocycles. The van der Waals surface area contributed by atoms with Gasteiger partial charge in [0.25, 0.3) is 0 Å². The molecule has 0 spiro atoms.